The number of methoxy groups -OCH3 is 1. The minimum absolute atomic E-state index is 0.337. The van der Waals surface area contributed by atoms with Crippen molar-refractivity contribution in [3.8, 4) is 0 Å². The van der Waals surface area contributed by atoms with Gasteiger partial charge in [-0.2, -0.15) is 0 Å². The van der Waals surface area contributed by atoms with Gasteiger partial charge in [0.15, 0.2) is 0 Å². The Bertz CT molecular complexity index is 311. The molecular formula is C10H12N2O2. The van der Waals surface area contributed by atoms with Crippen LogP contribution in [0, 0.1) is 0 Å². The summed E-state index contributed by atoms with van der Waals surface area (Å²) in [5.74, 6) is -0.311. The fourth-order valence-corrected chi connectivity index (χ4v) is 1.11. The van der Waals surface area contributed by atoms with E-state index in [1.165, 1.54) is 7.11 Å². The van der Waals surface area contributed by atoms with Crippen molar-refractivity contribution in [1.29, 1.82) is 0 Å². The molecular weight excluding hydrogens is 180 g/mol. The van der Waals surface area contributed by atoms with E-state index in [1.54, 1.807) is 24.5 Å². The Morgan fingerprint density at radius 3 is 2.79 bits per heavy atom. The molecule has 4 heteroatoms. The summed E-state index contributed by atoms with van der Waals surface area (Å²) >= 11 is 0. The van der Waals surface area contributed by atoms with E-state index in [2.05, 4.69) is 21.3 Å². The average molecular weight is 192 g/mol. The first-order valence-electron chi connectivity index (χ1n) is 4.25. The van der Waals surface area contributed by atoms with Crippen molar-refractivity contribution in [2.24, 2.45) is 0 Å². The summed E-state index contributed by atoms with van der Waals surface area (Å²) in [6.07, 6.45) is 5.33. The number of rotatable bonds is 4. The number of hydrogen-bond donors (Lipinski definition) is 0. The first-order valence-corrected chi connectivity index (χ1v) is 4.25. The summed E-state index contributed by atoms with van der Waals surface area (Å²) in [4.78, 5) is 19.4. The molecule has 0 amide bonds. The molecule has 14 heavy (non-hydrogen) atoms. The van der Waals surface area contributed by atoms with Gasteiger partial charge in [-0.25, -0.2) is 9.97 Å². The van der Waals surface area contributed by atoms with Crippen molar-refractivity contribution < 1.29 is 9.53 Å². The molecule has 0 N–H and O–H groups in total. The molecule has 0 aliphatic rings. The lowest BCUT2D eigenvalue weighted by Gasteiger charge is -2.09. The summed E-state index contributed by atoms with van der Waals surface area (Å²) < 4.78 is 4.65. The number of nitrogens with zero attached hydrogens (tertiary/aromatic N) is 2. The molecule has 74 valence electrons. The molecule has 0 aliphatic carbocycles. The first-order chi connectivity index (χ1) is 6.79. The second-order valence-electron chi connectivity index (χ2n) is 2.71. The summed E-state index contributed by atoms with van der Waals surface area (Å²) in [6, 6.07) is 1.70. The molecule has 0 aromatic carbocycles. The standard InChI is InChI=1S/C10H12N2O2/c1-3-5-8(10(13)14-2)9-11-6-4-7-12-9/h3-4,6-8H,1,5H2,2H3. The molecule has 0 fully saturated rings. The monoisotopic (exact) mass is 192 g/mol. The van der Waals surface area contributed by atoms with Crippen LogP contribution < -0.4 is 0 Å². The van der Waals surface area contributed by atoms with Gasteiger partial charge in [-0.1, -0.05) is 6.08 Å². The molecule has 1 heterocycles. The van der Waals surface area contributed by atoms with Crippen molar-refractivity contribution in [2.45, 2.75) is 12.3 Å². The highest BCUT2D eigenvalue weighted by atomic mass is 16.5. The van der Waals surface area contributed by atoms with E-state index in [9.17, 15) is 4.79 Å². The van der Waals surface area contributed by atoms with Gasteiger partial charge in [0.25, 0.3) is 0 Å². The minimum atomic E-state index is -0.446. The maximum atomic E-state index is 11.4. The van der Waals surface area contributed by atoms with E-state index in [4.69, 9.17) is 0 Å². The Kier molecular flexibility index (Phi) is 3.79. The van der Waals surface area contributed by atoms with Crippen molar-refractivity contribution in [3.63, 3.8) is 0 Å². The number of allylic oxidation sites excluding steroid dienone is 1. The predicted molar refractivity (Wildman–Crippen MR) is 51.6 cm³/mol. The molecule has 1 aromatic heterocycles. The smallest absolute Gasteiger partial charge is 0.316 e. The zero-order valence-electron chi connectivity index (χ0n) is 8.01. The summed E-state index contributed by atoms with van der Waals surface area (Å²) in [5, 5.41) is 0. The van der Waals surface area contributed by atoms with Gasteiger partial charge in [0.05, 0.1) is 7.11 Å². The van der Waals surface area contributed by atoms with E-state index in [0.29, 0.717) is 12.2 Å². The quantitative estimate of drug-likeness (QED) is 0.533. The highest BCUT2D eigenvalue weighted by Gasteiger charge is 2.22. The predicted octanol–water partition coefficient (Wildman–Crippen LogP) is 1.31. The Labute approximate surface area is 82.6 Å². The fourth-order valence-electron chi connectivity index (χ4n) is 1.11. The van der Waals surface area contributed by atoms with Crippen LogP contribution in [0.3, 0.4) is 0 Å². The zero-order chi connectivity index (χ0) is 10.4. The van der Waals surface area contributed by atoms with Crippen LogP contribution in [0.15, 0.2) is 31.1 Å². The molecule has 0 spiro atoms. The van der Waals surface area contributed by atoms with Crippen LogP contribution in [0.5, 0.6) is 0 Å². The summed E-state index contributed by atoms with van der Waals surface area (Å²) in [5.41, 5.74) is 0. The molecule has 0 aliphatic heterocycles. The number of esters is 1. The summed E-state index contributed by atoms with van der Waals surface area (Å²) in [6.45, 7) is 3.58. The maximum absolute atomic E-state index is 11.4. The Hall–Kier alpha value is -1.71. The minimum Gasteiger partial charge on any atom is -0.468 e. The molecule has 0 saturated carbocycles. The van der Waals surface area contributed by atoms with Gasteiger partial charge in [0.2, 0.25) is 0 Å². The average Bonchev–Trinajstić information content (AvgIpc) is 2.26. The van der Waals surface area contributed by atoms with Gasteiger partial charge in [-0.3, -0.25) is 4.79 Å². The molecule has 0 bridgehead atoms. The van der Waals surface area contributed by atoms with Crippen molar-refractivity contribution in [1.82, 2.24) is 9.97 Å². The number of carbonyl (C=O) groups excluding carboxylic acids is 1. The van der Waals surface area contributed by atoms with Crippen LogP contribution >= 0.6 is 0 Å². The third kappa shape index (κ3) is 2.39. The highest BCUT2D eigenvalue weighted by molar-refractivity contribution is 5.77. The SMILES string of the molecule is C=CCC(C(=O)OC)c1ncccn1. The van der Waals surface area contributed by atoms with Crippen LogP contribution in [0.25, 0.3) is 0 Å². The van der Waals surface area contributed by atoms with Crippen molar-refractivity contribution in [2.75, 3.05) is 7.11 Å². The maximum Gasteiger partial charge on any atom is 0.316 e. The van der Waals surface area contributed by atoms with Gasteiger partial charge in [-0.15, -0.1) is 6.58 Å². The van der Waals surface area contributed by atoms with Crippen LogP contribution in [-0.2, 0) is 9.53 Å². The van der Waals surface area contributed by atoms with Gasteiger partial charge in [0, 0.05) is 12.4 Å². The number of ether oxygens (including phenoxy) is 1. The number of aromatic nitrogens is 2. The lowest BCUT2D eigenvalue weighted by Crippen LogP contribution is -2.16. The normalized spacial score (nSPS) is 11.8. The summed E-state index contributed by atoms with van der Waals surface area (Å²) in [7, 11) is 1.35. The molecule has 4 nitrogen and oxygen atoms in total. The van der Waals surface area contributed by atoms with E-state index >= 15 is 0 Å². The zero-order valence-corrected chi connectivity index (χ0v) is 8.01. The van der Waals surface area contributed by atoms with Gasteiger partial charge >= 0.3 is 5.97 Å². The molecule has 1 unspecified atom stereocenters. The van der Waals surface area contributed by atoms with Gasteiger partial charge < -0.3 is 4.74 Å². The van der Waals surface area contributed by atoms with Crippen LogP contribution in [0.4, 0.5) is 0 Å². The van der Waals surface area contributed by atoms with E-state index in [-0.39, 0.29) is 5.97 Å². The largest absolute Gasteiger partial charge is 0.468 e. The number of hydrogen-bond acceptors (Lipinski definition) is 4. The van der Waals surface area contributed by atoms with Crippen LogP contribution in [-0.4, -0.2) is 23.0 Å². The highest BCUT2D eigenvalue weighted by Crippen LogP contribution is 2.16. The second kappa shape index (κ2) is 5.11. The van der Waals surface area contributed by atoms with Crippen LogP contribution in [0.1, 0.15) is 18.2 Å². The van der Waals surface area contributed by atoms with Gasteiger partial charge in [-0.05, 0) is 12.5 Å². The first kappa shape index (κ1) is 10.4. The lowest BCUT2D eigenvalue weighted by molar-refractivity contribution is -0.142. The van der Waals surface area contributed by atoms with Crippen LogP contribution in [0.2, 0.25) is 0 Å². The van der Waals surface area contributed by atoms with E-state index < -0.39 is 5.92 Å². The molecule has 1 aromatic rings. The Morgan fingerprint density at radius 2 is 2.29 bits per heavy atom. The molecule has 1 atom stereocenters. The van der Waals surface area contributed by atoms with E-state index in [0.717, 1.165) is 0 Å². The topological polar surface area (TPSA) is 52.1 Å². The molecule has 0 saturated heterocycles. The second-order valence-corrected chi connectivity index (χ2v) is 2.71. The third-order valence-electron chi connectivity index (χ3n) is 1.79. The molecule has 1 rings (SSSR count). The molecule has 0 radical (unpaired) electrons. The third-order valence-corrected chi connectivity index (χ3v) is 1.79. The van der Waals surface area contributed by atoms with Gasteiger partial charge in [0.1, 0.15) is 11.7 Å². The number of carbonyl (C=O) groups is 1. The Balaban J connectivity index is 2.88. The van der Waals surface area contributed by atoms with Crippen molar-refractivity contribution in [3.05, 3.63) is 36.9 Å². The van der Waals surface area contributed by atoms with E-state index in [1.807, 2.05) is 0 Å². The Morgan fingerprint density at radius 1 is 1.64 bits per heavy atom. The fraction of sp³-hybridized carbons (Fsp3) is 0.300. The lowest BCUT2D eigenvalue weighted by atomic mass is 10.1. The van der Waals surface area contributed by atoms with Crippen molar-refractivity contribution >= 4 is 5.97 Å².